The molecule has 0 saturated heterocycles. The molecule has 0 aromatic heterocycles. The van der Waals surface area contributed by atoms with Gasteiger partial charge in [0.05, 0.1) is 0 Å². The molecule has 0 heterocycles. The third-order valence-electron chi connectivity index (χ3n) is 10.8. The van der Waals surface area contributed by atoms with Crippen molar-refractivity contribution in [2.45, 2.75) is 88.9 Å². The number of aryl methyl sites for hydroxylation is 1. The van der Waals surface area contributed by atoms with Gasteiger partial charge in [0.2, 0.25) is 5.91 Å². The first-order valence-electron chi connectivity index (χ1n) is 13.2. The lowest BCUT2D eigenvalue weighted by Gasteiger charge is -2.45. The summed E-state index contributed by atoms with van der Waals surface area (Å²) in [5, 5.41) is 15.7. The molecule has 0 aliphatic heterocycles. The highest BCUT2D eigenvalue weighted by Gasteiger charge is 2.59. The van der Waals surface area contributed by atoms with E-state index in [-0.39, 0.29) is 11.3 Å². The highest BCUT2D eigenvalue weighted by atomic mass is 16.3. The van der Waals surface area contributed by atoms with E-state index in [4.69, 9.17) is 0 Å². The van der Waals surface area contributed by atoms with E-state index in [1.807, 2.05) is 0 Å². The standard InChI is InChI=1S/C28H36N2O2/c1-15(31)29-30-26-7-6-21-20-3-2-18-11-27(32)25(12-24(18)22(20)4-5-23(21)26)28-13-16-8-17(14-28)10-19(28)9-16/h11-12,16-17,19-23,32H,2-10,13-14H2,1H3,(H,29,31)/b30-26+. The summed E-state index contributed by atoms with van der Waals surface area (Å²) in [5.41, 5.74) is 8.55. The van der Waals surface area contributed by atoms with Crippen LogP contribution in [0.2, 0.25) is 0 Å². The van der Waals surface area contributed by atoms with Gasteiger partial charge in [0.15, 0.2) is 0 Å². The maximum Gasteiger partial charge on any atom is 0.236 e. The molecule has 6 saturated carbocycles. The van der Waals surface area contributed by atoms with Crippen LogP contribution in [-0.2, 0) is 16.6 Å². The summed E-state index contributed by atoms with van der Waals surface area (Å²) in [6.07, 6.45) is 13.9. The molecule has 7 aliphatic rings. The monoisotopic (exact) mass is 432 g/mol. The maximum atomic E-state index is 11.4. The van der Waals surface area contributed by atoms with Crippen LogP contribution < -0.4 is 5.43 Å². The zero-order chi connectivity index (χ0) is 21.6. The number of hydrazone groups is 1. The largest absolute Gasteiger partial charge is 0.508 e. The zero-order valence-corrected chi connectivity index (χ0v) is 19.3. The summed E-state index contributed by atoms with van der Waals surface area (Å²) in [7, 11) is 0. The van der Waals surface area contributed by atoms with Crippen molar-refractivity contribution in [1.29, 1.82) is 0 Å². The summed E-state index contributed by atoms with van der Waals surface area (Å²) in [6.45, 7) is 1.54. The summed E-state index contributed by atoms with van der Waals surface area (Å²) in [6, 6.07) is 4.70. The molecule has 4 nitrogen and oxygen atoms in total. The molecule has 7 aliphatic carbocycles. The number of carbonyl (C=O) groups is 1. The van der Waals surface area contributed by atoms with Crippen LogP contribution in [0.25, 0.3) is 0 Å². The van der Waals surface area contributed by atoms with Crippen molar-refractivity contribution in [3.63, 3.8) is 0 Å². The number of nitrogens with zero attached hydrogens (tertiary/aromatic N) is 1. The van der Waals surface area contributed by atoms with Gasteiger partial charge in [-0.1, -0.05) is 6.07 Å². The SMILES string of the molecule is CC(=O)N/N=C1\CCC2C1CCC1c3cc(C45CC6CC(CC4C6)C5)c(O)cc3CCC12. The van der Waals surface area contributed by atoms with E-state index < -0.39 is 0 Å². The Morgan fingerprint density at radius 2 is 1.72 bits per heavy atom. The van der Waals surface area contributed by atoms with E-state index in [0.717, 1.165) is 36.5 Å². The lowest BCUT2D eigenvalue weighted by atomic mass is 9.60. The van der Waals surface area contributed by atoms with Gasteiger partial charge in [-0.15, -0.1) is 0 Å². The van der Waals surface area contributed by atoms with Crippen LogP contribution in [0.1, 0.15) is 93.7 Å². The van der Waals surface area contributed by atoms with Gasteiger partial charge in [-0.05, 0) is 123 Å². The van der Waals surface area contributed by atoms with Crippen LogP contribution in [-0.4, -0.2) is 16.7 Å². The van der Waals surface area contributed by atoms with E-state index in [2.05, 4.69) is 22.7 Å². The molecule has 1 aromatic carbocycles. The number of rotatable bonds is 2. The van der Waals surface area contributed by atoms with Crippen LogP contribution >= 0.6 is 0 Å². The number of nitrogens with one attached hydrogen (secondary N) is 1. The lowest BCUT2D eigenvalue weighted by molar-refractivity contribution is -0.118. The first-order valence-corrected chi connectivity index (χ1v) is 13.2. The van der Waals surface area contributed by atoms with Crippen molar-refractivity contribution in [1.82, 2.24) is 5.43 Å². The minimum atomic E-state index is -0.0669. The van der Waals surface area contributed by atoms with E-state index >= 15 is 0 Å². The highest BCUT2D eigenvalue weighted by molar-refractivity contribution is 5.90. The average molecular weight is 433 g/mol. The molecule has 4 bridgehead atoms. The van der Waals surface area contributed by atoms with Crippen LogP contribution in [0.15, 0.2) is 17.2 Å². The Balaban J connectivity index is 1.22. The molecule has 6 atom stereocenters. The van der Waals surface area contributed by atoms with Gasteiger partial charge in [-0.3, -0.25) is 4.79 Å². The Morgan fingerprint density at radius 1 is 1.00 bits per heavy atom. The molecule has 2 N–H and O–H groups in total. The normalized spacial score (nSPS) is 44.4. The third-order valence-corrected chi connectivity index (χ3v) is 10.8. The fraction of sp³-hybridized carbons (Fsp3) is 0.714. The number of phenolic OH excluding ortho intramolecular Hbond substituents is 1. The summed E-state index contributed by atoms with van der Waals surface area (Å²) in [4.78, 5) is 11.4. The Bertz CT molecular complexity index is 999. The van der Waals surface area contributed by atoms with E-state index in [1.54, 1.807) is 12.5 Å². The zero-order valence-electron chi connectivity index (χ0n) is 19.3. The summed E-state index contributed by atoms with van der Waals surface area (Å²) >= 11 is 0. The number of hydrogen-bond acceptors (Lipinski definition) is 3. The summed E-state index contributed by atoms with van der Waals surface area (Å²) < 4.78 is 0. The third kappa shape index (κ3) is 2.67. The molecule has 4 heteroatoms. The van der Waals surface area contributed by atoms with Crippen LogP contribution in [0.5, 0.6) is 5.75 Å². The predicted octanol–water partition coefficient (Wildman–Crippen LogP) is 5.43. The molecule has 1 aromatic rings. The van der Waals surface area contributed by atoms with Crippen LogP contribution in [0.3, 0.4) is 0 Å². The minimum Gasteiger partial charge on any atom is -0.508 e. The molecule has 0 radical (unpaired) electrons. The fourth-order valence-corrected chi connectivity index (χ4v) is 9.97. The number of benzene rings is 1. The van der Waals surface area contributed by atoms with E-state index in [1.165, 1.54) is 74.6 Å². The molecule has 8 rings (SSSR count). The quantitative estimate of drug-likeness (QED) is 0.612. The number of fused-ring (bicyclic) bond motifs is 5. The Morgan fingerprint density at radius 3 is 2.50 bits per heavy atom. The van der Waals surface area contributed by atoms with Crippen molar-refractivity contribution in [3.8, 4) is 5.75 Å². The first kappa shape index (κ1) is 19.6. The second kappa shape index (κ2) is 6.84. The number of carbonyl (C=O) groups excluding carboxylic acids is 1. The molecule has 170 valence electrons. The van der Waals surface area contributed by atoms with Gasteiger partial charge >= 0.3 is 0 Å². The molecular weight excluding hydrogens is 396 g/mol. The van der Waals surface area contributed by atoms with Gasteiger partial charge < -0.3 is 5.11 Å². The number of phenols is 1. The van der Waals surface area contributed by atoms with Gasteiger partial charge in [0, 0.05) is 29.5 Å². The summed E-state index contributed by atoms with van der Waals surface area (Å²) in [5.74, 6) is 5.82. The van der Waals surface area contributed by atoms with E-state index in [0.29, 0.717) is 23.5 Å². The van der Waals surface area contributed by atoms with Crippen molar-refractivity contribution in [2.75, 3.05) is 0 Å². The second-order valence-corrected chi connectivity index (χ2v) is 12.2. The van der Waals surface area contributed by atoms with Gasteiger partial charge in [0.1, 0.15) is 5.75 Å². The molecule has 32 heavy (non-hydrogen) atoms. The first-order chi connectivity index (χ1) is 15.5. The number of hydrogen-bond donors (Lipinski definition) is 2. The van der Waals surface area contributed by atoms with Crippen LogP contribution in [0.4, 0.5) is 0 Å². The number of aromatic hydroxyl groups is 1. The molecular formula is C28H36N2O2. The van der Waals surface area contributed by atoms with Crippen LogP contribution in [0, 0.1) is 35.5 Å². The van der Waals surface area contributed by atoms with Gasteiger partial charge in [0.25, 0.3) is 0 Å². The second-order valence-electron chi connectivity index (χ2n) is 12.2. The minimum absolute atomic E-state index is 0.0669. The predicted molar refractivity (Wildman–Crippen MR) is 125 cm³/mol. The Labute approximate surface area is 191 Å². The molecule has 6 unspecified atom stereocenters. The van der Waals surface area contributed by atoms with E-state index in [9.17, 15) is 9.90 Å². The lowest BCUT2D eigenvalue weighted by Crippen LogP contribution is -2.36. The molecule has 6 fully saturated rings. The molecule has 1 amide bonds. The van der Waals surface area contributed by atoms with Crippen molar-refractivity contribution in [2.24, 2.45) is 40.6 Å². The van der Waals surface area contributed by atoms with Crippen molar-refractivity contribution >= 4 is 11.6 Å². The Hall–Kier alpha value is -1.84. The number of amides is 1. The van der Waals surface area contributed by atoms with Crippen molar-refractivity contribution < 1.29 is 9.90 Å². The van der Waals surface area contributed by atoms with Crippen molar-refractivity contribution in [3.05, 3.63) is 28.8 Å². The smallest absolute Gasteiger partial charge is 0.236 e. The average Bonchev–Trinajstić information content (AvgIpc) is 3.37. The maximum absolute atomic E-state index is 11.4. The van der Waals surface area contributed by atoms with Gasteiger partial charge in [-0.25, -0.2) is 5.43 Å². The fourth-order valence-electron chi connectivity index (χ4n) is 9.97. The van der Waals surface area contributed by atoms with Gasteiger partial charge in [-0.2, -0.15) is 5.10 Å². The topological polar surface area (TPSA) is 61.7 Å². The Kier molecular flexibility index (Phi) is 4.19. The molecule has 0 spiro atoms. The highest BCUT2D eigenvalue weighted by Crippen LogP contribution is 2.67.